The molecule has 1 heterocycles. The van der Waals surface area contributed by atoms with E-state index in [1.807, 2.05) is 43.3 Å². The summed E-state index contributed by atoms with van der Waals surface area (Å²) in [5.41, 5.74) is 1.48. The van der Waals surface area contributed by atoms with Gasteiger partial charge in [0.1, 0.15) is 11.2 Å². The largest absolute Gasteiger partial charge is 0.393 e. The van der Waals surface area contributed by atoms with E-state index in [-0.39, 0.29) is 6.61 Å². The Hall–Kier alpha value is -1.64. The number of rotatable bonds is 4. The Bertz CT molecular complexity index is 552. The maximum absolute atomic E-state index is 9.62. The van der Waals surface area contributed by atoms with Crippen LogP contribution < -0.4 is 0 Å². The van der Waals surface area contributed by atoms with E-state index in [0.29, 0.717) is 0 Å². The van der Waals surface area contributed by atoms with E-state index in [1.165, 1.54) is 5.56 Å². The minimum Gasteiger partial charge on any atom is -0.393 e. The van der Waals surface area contributed by atoms with Gasteiger partial charge in [0.25, 0.3) is 0 Å². The fourth-order valence-electron chi connectivity index (χ4n) is 2.80. The number of aliphatic hydroxyl groups excluding tert-OH is 1. The van der Waals surface area contributed by atoms with Gasteiger partial charge in [0.05, 0.1) is 6.61 Å². The number of epoxide rings is 1. The van der Waals surface area contributed by atoms with Crippen LogP contribution in [-0.4, -0.2) is 17.3 Å². The first kappa shape index (κ1) is 12.4. The molecular weight excluding hydrogens is 236 g/mol. The van der Waals surface area contributed by atoms with Crippen molar-refractivity contribution in [3.8, 4) is 0 Å². The van der Waals surface area contributed by atoms with Crippen LogP contribution in [0.15, 0.2) is 60.7 Å². The number of aliphatic hydroxyl groups is 1. The molecule has 2 atom stereocenters. The van der Waals surface area contributed by atoms with Crippen molar-refractivity contribution in [2.24, 2.45) is 0 Å². The van der Waals surface area contributed by atoms with Crippen LogP contribution >= 0.6 is 0 Å². The SMILES string of the molecule is CC1(CO)OC1(Cc1ccccc1)c1ccccc1. The van der Waals surface area contributed by atoms with E-state index in [9.17, 15) is 5.11 Å². The van der Waals surface area contributed by atoms with Gasteiger partial charge in [0.15, 0.2) is 0 Å². The molecule has 0 radical (unpaired) electrons. The minimum absolute atomic E-state index is 0.0364. The van der Waals surface area contributed by atoms with E-state index in [0.717, 1.165) is 12.0 Å². The zero-order valence-corrected chi connectivity index (χ0v) is 11.0. The monoisotopic (exact) mass is 254 g/mol. The lowest BCUT2D eigenvalue weighted by molar-refractivity contribution is 0.182. The molecule has 1 N–H and O–H groups in total. The lowest BCUT2D eigenvalue weighted by atomic mass is 9.83. The Morgan fingerprint density at radius 2 is 1.53 bits per heavy atom. The van der Waals surface area contributed by atoms with Crippen molar-refractivity contribution in [3.05, 3.63) is 71.8 Å². The standard InChI is InChI=1S/C17H18O2/c1-16(13-18)17(19-16,15-10-6-3-7-11-15)12-14-8-4-2-5-9-14/h2-11,18H,12-13H2,1H3. The fraction of sp³-hybridized carbons (Fsp3) is 0.294. The Labute approximate surface area is 113 Å². The molecule has 3 rings (SSSR count). The summed E-state index contributed by atoms with van der Waals surface area (Å²) < 4.78 is 5.98. The summed E-state index contributed by atoms with van der Waals surface area (Å²) in [6, 6.07) is 20.5. The van der Waals surface area contributed by atoms with Crippen LogP contribution in [0, 0.1) is 0 Å². The molecule has 2 heteroatoms. The van der Waals surface area contributed by atoms with Crippen LogP contribution in [0.25, 0.3) is 0 Å². The van der Waals surface area contributed by atoms with Gasteiger partial charge in [-0.25, -0.2) is 0 Å². The zero-order valence-electron chi connectivity index (χ0n) is 11.0. The summed E-state index contributed by atoms with van der Waals surface area (Å²) in [7, 11) is 0. The maximum Gasteiger partial charge on any atom is 0.129 e. The summed E-state index contributed by atoms with van der Waals surface area (Å²) in [5.74, 6) is 0. The molecule has 2 unspecified atom stereocenters. The minimum atomic E-state index is -0.482. The van der Waals surface area contributed by atoms with E-state index < -0.39 is 11.2 Å². The Morgan fingerprint density at radius 3 is 2.05 bits per heavy atom. The summed E-state index contributed by atoms with van der Waals surface area (Å²) in [5, 5.41) is 9.62. The lowest BCUT2D eigenvalue weighted by Crippen LogP contribution is -2.27. The predicted octanol–water partition coefficient (Wildman–Crippen LogP) is 2.91. The predicted molar refractivity (Wildman–Crippen MR) is 74.8 cm³/mol. The van der Waals surface area contributed by atoms with Gasteiger partial charge in [0.2, 0.25) is 0 Å². The van der Waals surface area contributed by atoms with Gasteiger partial charge in [-0.05, 0) is 18.1 Å². The third kappa shape index (κ3) is 1.97. The highest BCUT2D eigenvalue weighted by atomic mass is 16.6. The third-order valence-electron chi connectivity index (χ3n) is 4.05. The van der Waals surface area contributed by atoms with Gasteiger partial charge in [-0.3, -0.25) is 0 Å². The second-order valence-corrected chi connectivity index (χ2v) is 5.35. The molecule has 0 aliphatic carbocycles. The van der Waals surface area contributed by atoms with E-state index in [1.54, 1.807) is 0 Å². The van der Waals surface area contributed by atoms with Crippen LogP contribution in [0.2, 0.25) is 0 Å². The van der Waals surface area contributed by atoms with Crippen LogP contribution in [0.4, 0.5) is 0 Å². The fourth-order valence-corrected chi connectivity index (χ4v) is 2.80. The van der Waals surface area contributed by atoms with Gasteiger partial charge < -0.3 is 9.84 Å². The Morgan fingerprint density at radius 1 is 0.947 bits per heavy atom. The normalized spacial score (nSPS) is 29.2. The molecule has 19 heavy (non-hydrogen) atoms. The van der Waals surface area contributed by atoms with Gasteiger partial charge in [-0.2, -0.15) is 0 Å². The number of hydrogen-bond acceptors (Lipinski definition) is 2. The molecular formula is C17H18O2. The first-order chi connectivity index (χ1) is 9.20. The summed E-state index contributed by atoms with van der Waals surface area (Å²) in [6.45, 7) is 2.01. The molecule has 1 aliphatic rings. The van der Waals surface area contributed by atoms with Crippen LogP contribution in [-0.2, 0) is 16.8 Å². The molecule has 1 fully saturated rings. The number of hydrogen-bond donors (Lipinski definition) is 1. The summed E-state index contributed by atoms with van der Waals surface area (Å²) in [6.07, 6.45) is 0.787. The molecule has 0 spiro atoms. The molecule has 2 aromatic rings. The van der Waals surface area contributed by atoms with E-state index in [2.05, 4.69) is 24.3 Å². The van der Waals surface area contributed by atoms with Crippen molar-refractivity contribution >= 4 is 0 Å². The molecule has 1 aliphatic heterocycles. The molecule has 0 bridgehead atoms. The van der Waals surface area contributed by atoms with Crippen molar-refractivity contribution in [1.82, 2.24) is 0 Å². The average molecular weight is 254 g/mol. The Kier molecular flexibility index (Phi) is 2.92. The van der Waals surface area contributed by atoms with Crippen LogP contribution in [0.5, 0.6) is 0 Å². The number of ether oxygens (including phenoxy) is 1. The first-order valence-corrected chi connectivity index (χ1v) is 6.61. The van der Waals surface area contributed by atoms with Crippen LogP contribution in [0.3, 0.4) is 0 Å². The number of benzene rings is 2. The smallest absolute Gasteiger partial charge is 0.129 e. The van der Waals surface area contributed by atoms with E-state index in [4.69, 9.17) is 4.74 Å². The maximum atomic E-state index is 9.62. The van der Waals surface area contributed by atoms with Crippen molar-refractivity contribution < 1.29 is 9.84 Å². The Balaban J connectivity index is 1.97. The van der Waals surface area contributed by atoms with Crippen molar-refractivity contribution in [1.29, 1.82) is 0 Å². The van der Waals surface area contributed by atoms with E-state index >= 15 is 0 Å². The van der Waals surface area contributed by atoms with Gasteiger partial charge >= 0.3 is 0 Å². The first-order valence-electron chi connectivity index (χ1n) is 6.61. The topological polar surface area (TPSA) is 32.8 Å². The molecule has 2 nitrogen and oxygen atoms in total. The molecule has 0 amide bonds. The van der Waals surface area contributed by atoms with Crippen molar-refractivity contribution in [2.75, 3.05) is 6.61 Å². The highest BCUT2D eigenvalue weighted by Crippen LogP contribution is 2.57. The highest BCUT2D eigenvalue weighted by molar-refractivity contribution is 5.36. The molecule has 2 aromatic carbocycles. The third-order valence-corrected chi connectivity index (χ3v) is 4.05. The molecule has 0 aromatic heterocycles. The van der Waals surface area contributed by atoms with Gasteiger partial charge in [-0.15, -0.1) is 0 Å². The van der Waals surface area contributed by atoms with Gasteiger partial charge in [-0.1, -0.05) is 60.7 Å². The zero-order chi connectivity index (χ0) is 13.3. The van der Waals surface area contributed by atoms with Gasteiger partial charge in [0, 0.05) is 6.42 Å². The van der Waals surface area contributed by atoms with Crippen LogP contribution in [0.1, 0.15) is 18.1 Å². The second kappa shape index (κ2) is 4.48. The lowest BCUT2D eigenvalue weighted by Gasteiger charge is -2.17. The van der Waals surface area contributed by atoms with Crippen molar-refractivity contribution in [2.45, 2.75) is 24.5 Å². The van der Waals surface area contributed by atoms with Crippen molar-refractivity contribution in [3.63, 3.8) is 0 Å². The summed E-state index contributed by atoms with van der Waals surface area (Å²) in [4.78, 5) is 0. The highest BCUT2D eigenvalue weighted by Gasteiger charge is 2.67. The summed E-state index contributed by atoms with van der Waals surface area (Å²) >= 11 is 0. The quantitative estimate of drug-likeness (QED) is 0.851. The molecule has 1 saturated heterocycles. The second-order valence-electron chi connectivity index (χ2n) is 5.35. The molecule has 0 saturated carbocycles. The molecule has 98 valence electrons. The average Bonchev–Trinajstić information content (AvgIpc) is 3.08.